The second kappa shape index (κ2) is 6.43. The average molecular weight is 363 g/mol. The molecule has 136 valence electrons. The van der Waals surface area contributed by atoms with E-state index in [0.717, 1.165) is 49.8 Å². The first-order valence-electron chi connectivity index (χ1n) is 8.20. The van der Waals surface area contributed by atoms with Crippen molar-refractivity contribution in [2.75, 3.05) is 23.3 Å². The largest absolute Gasteiger partial charge is 0.433 e. The maximum atomic E-state index is 12.7. The maximum absolute atomic E-state index is 12.7. The third-order valence-corrected chi connectivity index (χ3v) is 4.37. The molecule has 1 N–H and O–H groups in total. The smallest absolute Gasteiger partial charge is 0.367 e. The molecule has 0 aliphatic carbocycles. The van der Waals surface area contributed by atoms with E-state index in [9.17, 15) is 13.2 Å². The molecule has 0 atom stereocenters. The zero-order chi connectivity index (χ0) is 18.1. The third-order valence-electron chi connectivity index (χ3n) is 4.37. The number of halogens is 3. The first kappa shape index (κ1) is 16.6. The fourth-order valence-electron chi connectivity index (χ4n) is 3.03. The fourth-order valence-corrected chi connectivity index (χ4v) is 3.03. The molecule has 1 aliphatic heterocycles. The van der Waals surface area contributed by atoms with E-state index in [4.69, 9.17) is 0 Å². The quantitative estimate of drug-likeness (QED) is 0.771. The van der Waals surface area contributed by atoms with E-state index in [1.54, 1.807) is 16.9 Å². The molecule has 0 radical (unpaired) electrons. The van der Waals surface area contributed by atoms with E-state index < -0.39 is 11.9 Å². The number of imidazole rings is 1. The highest BCUT2D eigenvalue weighted by molar-refractivity contribution is 5.46. The average Bonchev–Trinajstić information content (AvgIpc) is 3.10. The first-order valence-corrected chi connectivity index (χ1v) is 8.20. The molecule has 1 saturated heterocycles. The zero-order valence-electron chi connectivity index (χ0n) is 13.7. The molecule has 4 heterocycles. The Balaban J connectivity index is 1.39. The van der Waals surface area contributed by atoms with Crippen molar-refractivity contribution in [2.45, 2.75) is 25.1 Å². The van der Waals surface area contributed by atoms with E-state index in [0.29, 0.717) is 0 Å². The lowest BCUT2D eigenvalue weighted by Gasteiger charge is -2.33. The molecule has 26 heavy (non-hydrogen) atoms. The highest BCUT2D eigenvalue weighted by Gasteiger charge is 2.33. The summed E-state index contributed by atoms with van der Waals surface area (Å²) in [5, 5.41) is 7.60. The van der Waals surface area contributed by atoms with E-state index >= 15 is 0 Å². The molecule has 0 saturated carbocycles. The molecule has 0 aromatic carbocycles. The maximum Gasteiger partial charge on any atom is 0.433 e. The van der Waals surface area contributed by atoms with Crippen LogP contribution in [0.5, 0.6) is 0 Å². The Hall–Kier alpha value is -2.91. The highest BCUT2D eigenvalue weighted by Crippen LogP contribution is 2.28. The molecule has 10 heteroatoms. The monoisotopic (exact) mass is 363 g/mol. The molecule has 3 aromatic rings. The van der Waals surface area contributed by atoms with Gasteiger partial charge in [-0.1, -0.05) is 0 Å². The minimum absolute atomic E-state index is 0.0548. The van der Waals surface area contributed by atoms with Gasteiger partial charge in [0.2, 0.25) is 0 Å². The van der Waals surface area contributed by atoms with Crippen LogP contribution in [0.3, 0.4) is 0 Å². The summed E-state index contributed by atoms with van der Waals surface area (Å²) in [6, 6.07) is 4.84. The number of hydrogen-bond donors (Lipinski definition) is 1. The normalized spacial score (nSPS) is 16.2. The van der Waals surface area contributed by atoms with Gasteiger partial charge in [-0.2, -0.15) is 13.2 Å². The Morgan fingerprint density at radius 3 is 2.65 bits per heavy atom. The second-order valence-corrected chi connectivity index (χ2v) is 6.11. The number of nitrogens with zero attached hydrogens (tertiary/aromatic N) is 6. The Morgan fingerprint density at radius 2 is 1.88 bits per heavy atom. The molecule has 7 nitrogen and oxygen atoms in total. The summed E-state index contributed by atoms with van der Waals surface area (Å²) >= 11 is 0. The van der Waals surface area contributed by atoms with Crippen LogP contribution in [-0.4, -0.2) is 43.7 Å². The van der Waals surface area contributed by atoms with Gasteiger partial charge in [-0.3, -0.25) is 0 Å². The summed E-state index contributed by atoms with van der Waals surface area (Å²) in [6.07, 6.45) is 1.49. The summed E-state index contributed by atoms with van der Waals surface area (Å²) in [6.45, 7) is 1.50. The molecular formula is C16H16F3N7. The van der Waals surface area contributed by atoms with Crippen LogP contribution in [0.1, 0.15) is 18.5 Å². The minimum atomic E-state index is -4.47. The van der Waals surface area contributed by atoms with E-state index in [1.807, 2.05) is 12.1 Å². The lowest BCUT2D eigenvalue weighted by Crippen LogP contribution is -2.39. The van der Waals surface area contributed by atoms with Crippen molar-refractivity contribution in [1.29, 1.82) is 0 Å². The van der Waals surface area contributed by atoms with Gasteiger partial charge in [0.25, 0.3) is 0 Å². The van der Waals surface area contributed by atoms with E-state index in [-0.39, 0.29) is 11.9 Å². The van der Waals surface area contributed by atoms with Crippen LogP contribution >= 0.6 is 0 Å². The number of rotatable bonds is 3. The van der Waals surface area contributed by atoms with Gasteiger partial charge in [0, 0.05) is 37.6 Å². The van der Waals surface area contributed by atoms with Gasteiger partial charge in [-0.05, 0) is 25.0 Å². The van der Waals surface area contributed by atoms with Crippen molar-refractivity contribution < 1.29 is 13.2 Å². The molecule has 3 aromatic heterocycles. The van der Waals surface area contributed by atoms with Crippen molar-refractivity contribution >= 4 is 17.3 Å². The molecule has 4 rings (SSSR count). The van der Waals surface area contributed by atoms with Crippen molar-refractivity contribution in [3.63, 3.8) is 0 Å². The molecule has 0 amide bonds. The lowest BCUT2D eigenvalue weighted by molar-refractivity contribution is -0.141. The van der Waals surface area contributed by atoms with Crippen LogP contribution < -0.4 is 10.2 Å². The standard InChI is InChI=1S/C16H16F3N7/c17-16(18,19)12-9-13(22-10-21-12)23-11-3-6-25(7-4-11)15-2-1-14-20-5-8-26(14)24-15/h1-2,5,8-11H,3-4,6-7H2,(H,21,22,23). The van der Waals surface area contributed by atoms with Gasteiger partial charge in [0.15, 0.2) is 5.65 Å². The predicted molar refractivity (Wildman–Crippen MR) is 88.9 cm³/mol. The van der Waals surface area contributed by atoms with Gasteiger partial charge >= 0.3 is 6.18 Å². The highest BCUT2D eigenvalue weighted by atomic mass is 19.4. The van der Waals surface area contributed by atoms with Crippen molar-refractivity contribution in [3.8, 4) is 0 Å². The SMILES string of the molecule is FC(F)(F)c1cc(NC2CCN(c3ccc4nccn4n3)CC2)ncn1. The Kier molecular flexibility index (Phi) is 4.09. The zero-order valence-corrected chi connectivity index (χ0v) is 13.7. The second-order valence-electron chi connectivity index (χ2n) is 6.11. The Morgan fingerprint density at radius 1 is 1.08 bits per heavy atom. The van der Waals surface area contributed by atoms with Crippen molar-refractivity contribution in [1.82, 2.24) is 24.6 Å². The van der Waals surface area contributed by atoms with Crippen LogP contribution in [0.4, 0.5) is 24.8 Å². The van der Waals surface area contributed by atoms with Crippen LogP contribution in [-0.2, 0) is 6.18 Å². The number of nitrogens with one attached hydrogen (secondary N) is 1. The molecular weight excluding hydrogens is 347 g/mol. The summed E-state index contributed by atoms with van der Waals surface area (Å²) < 4.78 is 39.9. The number of alkyl halides is 3. The number of aromatic nitrogens is 5. The number of anilines is 2. The van der Waals surface area contributed by atoms with Gasteiger partial charge in [-0.25, -0.2) is 19.5 Å². The van der Waals surface area contributed by atoms with Crippen molar-refractivity contribution in [2.24, 2.45) is 0 Å². The van der Waals surface area contributed by atoms with E-state index in [1.165, 1.54) is 0 Å². The summed E-state index contributed by atoms with van der Waals surface area (Å²) in [5.41, 5.74) is -0.153. The van der Waals surface area contributed by atoms with Crippen molar-refractivity contribution in [3.05, 3.63) is 42.6 Å². The molecule has 0 bridgehead atoms. The van der Waals surface area contributed by atoms with Crippen LogP contribution in [0.2, 0.25) is 0 Å². The van der Waals surface area contributed by atoms with Crippen LogP contribution in [0, 0.1) is 0 Å². The number of hydrogen-bond acceptors (Lipinski definition) is 6. The summed E-state index contributed by atoms with van der Waals surface area (Å²) in [7, 11) is 0. The van der Waals surface area contributed by atoms with Gasteiger partial charge in [-0.15, -0.1) is 5.10 Å². The molecule has 1 aliphatic rings. The Bertz CT molecular complexity index is 900. The third kappa shape index (κ3) is 3.39. The number of fused-ring (bicyclic) bond motifs is 1. The molecule has 1 fully saturated rings. The lowest BCUT2D eigenvalue weighted by atomic mass is 10.1. The first-order chi connectivity index (χ1) is 12.5. The Labute approximate surface area is 146 Å². The molecule has 0 spiro atoms. The predicted octanol–water partition coefficient (Wildman–Crippen LogP) is 2.62. The van der Waals surface area contributed by atoms with Gasteiger partial charge in [0.1, 0.15) is 23.7 Å². The van der Waals surface area contributed by atoms with E-state index in [2.05, 4.69) is 30.3 Å². The summed E-state index contributed by atoms with van der Waals surface area (Å²) in [5.74, 6) is 1.05. The molecule has 0 unspecified atom stereocenters. The number of piperidine rings is 1. The topological polar surface area (TPSA) is 71.2 Å². The van der Waals surface area contributed by atoms with Gasteiger partial charge < -0.3 is 10.2 Å². The van der Waals surface area contributed by atoms with Crippen LogP contribution in [0.15, 0.2) is 36.9 Å². The minimum Gasteiger partial charge on any atom is -0.367 e. The fraction of sp³-hybridized carbons (Fsp3) is 0.375. The van der Waals surface area contributed by atoms with Gasteiger partial charge in [0.05, 0.1) is 0 Å². The summed E-state index contributed by atoms with van der Waals surface area (Å²) in [4.78, 5) is 13.5. The van der Waals surface area contributed by atoms with Crippen LogP contribution in [0.25, 0.3) is 5.65 Å².